The summed E-state index contributed by atoms with van der Waals surface area (Å²) in [6.07, 6.45) is 4.96. The summed E-state index contributed by atoms with van der Waals surface area (Å²) in [5.74, 6) is 0.925. The molecule has 1 fully saturated rings. The van der Waals surface area contributed by atoms with Crippen molar-refractivity contribution >= 4 is 38.9 Å². The predicted octanol–water partition coefficient (Wildman–Crippen LogP) is 3.32. The van der Waals surface area contributed by atoms with Crippen LogP contribution in [0.4, 0.5) is 5.69 Å². The van der Waals surface area contributed by atoms with E-state index in [9.17, 15) is 0 Å². The first-order valence-electron chi connectivity index (χ1n) is 6.65. The highest BCUT2D eigenvalue weighted by Gasteiger charge is 2.26. The van der Waals surface area contributed by atoms with Crippen LogP contribution in [0.5, 0.6) is 0 Å². The monoisotopic (exact) mass is 366 g/mol. The Morgan fingerprint density at radius 3 is 2.90 bits per heavy atom. The van der Waals surface area contributed by atoms with Crippen molar-refractivity contribution in [2.75, 3.05) is 18.7 Å². The van der Waals surface area contributed by atoms with E-state index in [1.54, 1.807) is 0 Å². The Hall–Kier alpha value is -1.37. The Balaban J connectivity index is 1.49. The SMILES string of the molecule is S=C(NCC1=CC=C2OCOC2C1)Nc1ccc(Br)cc1. The van der Waals surface area contributed by atoms with E-state index in [2.05, 4.69) is 32.6 Å². The van der Waals surface area contributed by atoms with E-state index in [1.165, 1.54) is 5.57 Å². The molecule has 0 spiro atoms. The van der Waals surface area contributed by atoms with Gasteiger partial charge in [-0.05, 0) is 48.1 Å². The van der Waals surface area contributed by atoms with Crippen molar-refractivity contribution in [3.63, 3.8) is 0 Å². The molecule has 2 aliphatic rings. The van der Waals surface area contributed by atoms with E-state index in [4.69, 9.17) is 21.7 Å². The van der Waals surface area contributed by atoms with Gasteiger partial charge in [0.05, 0.1) is 0 Å². The van der Waals surface area contributed by atoms with E-state index in [0.717, 1.165) is 22.3 Å². The van der Waals surface area contributed by atoms with Crippen molar-refractivity contribution in [2.24, 2.45) is 0 Å². The molecule has 1 aromatic carbocycles. The molecule has 1 heterocycles. The van der Waals surface area contributed by atoms with Crippen LogP contribution in [0.3, 0.4) is 0 Å². The van der Waals surface area contributed by atoms with Crippen LogP contribution in [0.2, 0.25) is 0 Å². The summed E-state index contributed by atoms with van der Waals surface area (Å²) >= 11 is 8.70. The molecule has 0 radical (unpaired) electrons. The van der Waals surface area contributed by atoms with Gasteiger partial charge in [-0.25, -0.2) is 0 Å². The lowest BCUT2D eigenvalue weighted by Gasteiger charge is -2.17. The van der Waals surface area contributed by atoms with Crippen LogP contribution in [-0.4, -0.2) is 24.6 Å². The standard InChI is InChI=1S/C15H15BrN2O2S/c16-11-2-4-12(5-3-11)18-15(21)17-8-10-1-6-13-14(7-10)20-9-19-13/h1-6,14H,7-9H2,(H2,17,18,21). The second-order valence-electron chi connectivity index (χ2n) is 4.83. The first-order valence-corrected chi connectivity index (χ1v) is 7.85. The van der Waals surface area contributed by atoms with Crippen LogP contribution in [0, 0.1) is 0 Å². The molecule has 0 aromatic heterocycles. The van der Waals surface area contributed by atoms with Crippen LogP contribution < -0.4 is 10.6 Å². The molecule has 0 amide bonds. The number of thiocarbonyl (C=S) groups is 1. The second-order valence-corrected chi connectivity index (χ2v) is 6.15. The van der Waals surface area contributed by atoms with E-state index in [1.807, 2.05) is 30.3 Å². The fourth-order valence-electron chi connectivity index (χ4n) is 2.21. The largest absolute Gasteiger partial charge is 0.469 e. The van der Waals surface area contributed by atoms with Crippen LogP contribution >= 0.6 is 28.1 Å². The number of rotatable bonds is 3. The third-order valence-electron chi connectivity index (χ3n) is 3.32. The van der Waals surface area contributed by atoms with Gasteiger partial charge in [-0.15, -0.1) is 0 Å². The third-order valence-corrected chi connectivity index (χ3v) is 4.10. The molecule has 21 heavy (non-hydrogen) atoms. The minimum atomic E-state index is 0.0693. The van der Waals surface area contributed by atoms with Crippen molar-refractivity contribution in [1.82, 2.24) is 5.32 Å². The predicted molar refractivity (Wildman–Crippen MR) is 90.0 cm³/mol. The van der Waals surface area contributed by atoms with Gasteiger partial charge in [-0.3, -0.25) is 0 Å². The topological polar surface area (TPSA) is 42.5 Å². The fraction of sp³-hybridized carbons (Fsp3) is 0.267. The quantitative estimate of drug-likeness (QED) is 0.803. The van der Waals surface area contributed by atoms with Gasteiger partial charge in [0.15, 0.2) is 11.9 Å². The van der Waals surface area contributed by atoms with E-state index in [-0.39, 0.29) is 6.10 Å². The Morgan fingerprint density at radius 2 is 2.10 bits per heavy atom. The van der Waals surface area contributed by atoms with E-state index < -0.39 is 0 Å². The van der Waals surface area contributed by atoms with Crippen LogP contribution in [0.1, 0.15) is 6.42 Å². The number of allylic oxidation sites excluding steroid dienone is 2. The first-order chi connectivity index (χ1) is 10.2. The third kappa shape index (κ3) is 3.84. The number of ether oxygens (including phenoxy) is 2. The van der Waals surface area contributed by atoms with Gasteiger partial charge in [0, 0.05) is 23.1 Å². The molecule has 3 rings (SSSR count). The lowest BCUT2D eigenvalue weighted by atomic mass is 10.0. The molecule has 4 nitrogen and oxygen atoms in total. The first kappa shape index (κ1) is 14.6. The highest BCUT2D eigenvalue weighted by atomic mass is 79.9. The Labute approximate surface area is 137 Å². The zero-order chi connectivity index (χ0) is 14.7. The maximum atomic E-state index is 5.49. The lowest BCUT2D eigenvalue weighted by molar-refractivity contribution is 0.0500. The summed E-state index contributed by atoms with van der Waals surface area (Å²) in [5, 5.41) is 6.97. The van der Waals surface area contributed by atoms with E-state index in [0.29, 0.717) is 18.5 Å². The summed E-state index contributed by atoms with van der Waals surface area (Å²) in [6.45, 7) is 1.06. The van der Waals surface area contributed by atoms with Crippen molar-refractivity contribution in [1.29, 1.82) is 0 Å². The van der Waals surface area contributed by atoms with Gasteiger partial charge in [0.1, 0.15) is 11.9 Å². The van der Waals surface area contributed by atoms with Crippen molar-refractivity contribution in [3.8, 4) is 0 Å². The molecule has 1 atom stereocenters. The van der Waals surface area contributed by atoms with Crippen molar-refractivity contribution < 1.29 is 9.47 Å². The molecule has 1 aliphatic carbocycles. The van der Waals surface area contributed by atoms with Gasteiger partial charge in [0.25, 0.3) is 0 Å². The van der Waals surface area contributed by atoms with Crippen molar-refractivity contribution in [2.45, 2.75) is 12.5 Å². The lowest BCUT2D eigenvalue weighted by Crippen LogP contribution is -2.31. The van der Waals surface area contributed by atoms with Gasteiger partial charge in [-0.1, -0.05) is 22.0 Å². The van der Waals surface area contributed by atoms with Crippen LogP contribution in [0.25, 0.3) is 0 Å². The molecule has 6 heteroatoms. The normalized spacial score (nSPS) is 20.0. The molecule has 2 N–H and O–H groups in total. The molecule has 0 saturated carbocycles. The molecular weight excluding hydrogens is 352 g/mol. The molecular formula is C15H15BrN2O2S. The summed E-state index contributed by atoms with van der Waals surface area (Å²) < 4.78 is 11.9. The van der Waals surface area contributed by atoms with Gasteiger partial charge >= 0.3 is 0 Å². The number of nitrogens with one attached hydrogen (secondary N) is 2. The Morgan fingerprint density at radius 1 is 1.29 bits per heavy atom. The van der Waals surface area contributed by atoms with E-state index >= 15 is 0 Å². The maximum absolute atomic E-state index is 5.49. The molecule has 1 aliphatic heterocycles. The van der Waals surface area contributed by atoms with Crippen LogP contribution in [-0.2, 0) is 9.47 Å². The minimum Gasteiger partial charge on any atom is -0.469 e. The number of benzene rings is 1. The fourth-order valence-corrected chi connectivity index (χ4v) is 2.67. The summed E-state index contributed by atoms with van der Waals surface area (Å²) in [6, 6.07) is 7.88. The maximum Gasteiger partial charge on any atom is 0.189 e. The van der Waals surface area contributed by atoms with Gasteiger partial charge in [0.2, 0.25) is 0 Å². The smallest absolute Gasteiger partial charge is 0.189 e. The molecule has 0 bridgehead atoms. The zero-order valence-corrected chi connectivity index (χ0v) is 13.7. The summed E-state index contributed by atoms with van der Waals surface area (Å²) in [7, 11) is 0. The Bertz CT molecular complexity index is 598. The molecule has 1 unspecified atom stereocenters. The summed E-state index contributed by atoms with van der Waals surface area (Å²) in [5.41, 5.74) is 2.21. The number of fused-ring (bicyclic) bond motifs is 1. The molecule has 110 valence electrons. The Kier molecular flexibility index (Phi) is 4.57. The highest BCUT2D eigenvalue weighted by molar-refractivity contribution is 9.10. The van der Waals surface area contributed by atoms with Crippen LogP contribution in [0.15, 0.2) is 52.2 Å². The molecule has 1 aromatic rings. The number of halogens is 1. The zero-order valence-electron chi connectivity index (χ0n) is 11.3. The average Bonchev–Trinajstić information content (AvgIpc) is 2.95. The van der Waals surface area contributed by atoms with Crippen molar-refractivity contribution in [3.05, 3.63) is 52.2 Å². The van der Waals surface area contributed by atoms with Gasteiger partial charge in [-0.2, -0.15) is 0 Å². The second kappa shape index (κ2) is 6.60. The summed E-state index contributed by atoms with van der Waals surface area (Å²) in [4.78, 5) is 0. The molecule has 1 saturated heterocycles. The minimum absolute atomic E-state index is 0.0693. The van der Waals surface area contributed by atoms with Gasteiger partial charge < -0.3 is 20.1 Å². The number of anilines is 1. The number of hydrogen-bond acceptors (Lipinski definition) is 3. The number of hydrogen-bond donors (Lipinski definition) is 2. The average molecular weight is 367 g/mol. The highest BCUT2D eigenvalue weighted by Crippen LogP contribution is 2.27.